The van der Waals surface area contributed by atoms with E-state index in [-0.39, 0.29) is 23.6 Å². The summed E-state index contributed by atoms with van der Waals surface area (Å²) in [4.78, 5) is 29.0. The van der Waals surface area contributed by atoms with Gasteiger partial charge in [-0.15, -0.1) is 0 Å². The highest BCUT2D eigenvalue weighted by molar-refractivity contribution is 5.73. The first-order valence-electron chi connectivity index (χ1n) is 10.9. The Morgan fingerprint density at radius 1 is 1.12 bits per heavy atom. The van der Waals surface area contributed by atoms with Gasteiger partial charge in [-0.25, -0.2) is 9.97 Å². The predicted molar refractivity (Wildman–Crippen MR) is 115 cm³/mol. The van der Waals surface area contributed by atoms with Crippen molar-refractivity contribution in [3.63, 3.8) is 0 Å². The summed E-state index contributed by atoms with van der Waals surface area (Å²) >= 11 is 0. The third-order valence-electron chi connectivity index (χ3n) is 6.27. The molecule has 1 atom stereocenters. The van der Waals surface area contributed by atoms with Crippen LogP contribution in [0.4, 0.5) is 30.8 Å². The van der Waals surface area contributed by atoms with Crippen molar-refractivity contribution in [3.05, 3.63) is 35.7 Å². The molecule has 2 aromatic rings. The number of halogens is 3. The molecule has 7 nitrogen and oxygen atoms in total. The number of rotatable bonds is 4. The van der Waals surface area contributed by atoms with Crippen LogP contribution in [0.15, 0.2) is 24.4 Å². The van der Waals surface area contributed by atoms with Crippen molar-refractivity contribution in [1.82, 2.24) is 19.9 Å². The van der Waals surface area contributed by atoms with Crippen LogP contribution >= 0.6 is 0 Å². The van der Waals surface area contributed by atoms with Crippen molar-refractivity contribution in [2.75, 3.05) is 29.9 Å². The van der Waals surface area contributed by atoms with Gasteiger partial charge in [0, 0.05) is 50.8 Å². The molecule has 2 aliphatic heterocycles. The molecular weight excluding hydrogens is 421 g/mol. The molecule has 0 saturated carbocycles. The van der Waals surface area contributed by atoms with Crippen LogP contribution in [-0.4, -0.2) is 51.4 Å². The van der Waals surface area contributed by atoms with Crippen molar-refractivity contribution in [3.8, 4) is 0 Å². The van der Waals surface area contributed by atoms with E-state index in [4.69, 9.17) is 0 Å². The van der Waals surface area contributed by atoms with Crippen LogP contribution in [0, 0.1) is 0 Å². The van der Waals surface area contributed by atoms with E-state index in [0.29, 0.717) is 19.1 Å². The van der Waals surface area contributed by atoms with E-state index in [1.807, 2.05) is 11.0 Å². The van der Waals surface area contributed by atoms with E-state index in [1.54, 1.807) is 6.92 Å². The standard InChI is InChI=1S/C22H27F3N6O/c1-14-4-3-9-31(14)20-13-18(16-6-10-30(11-7-16)15(2)32)27-21(29-20)28-19-12-17(5-8-26-19)22(23,24)25/h5,8,12-14,16H,3-4,6-7,9-11H2,1-2H3,(H,26,27,28,29). The molecule has 4 rings (SSSR count). The molecule has 4 heterocycles. The lowest BCUT2D eigenvalue weighted by Gasteiger charge is -2.31. The lowest BCUT2D eigenvalue weighted by molar-refractivity contribution is -0.137. The summed E-state index contributed by atoms with van der Waals surface area (Å²) in [6.45, 7) is 5.92. The van der Waals surface area contributed by atoms with Crippen LogP contribution in [0.2, 0.25) is 0 Å². The molecule has 2 saturated heterocycles. The smallest absolute Gasteiger partial charge is 0.354 e. The zero-order chi connectivity index (χ0) is 22.9. The first kappa shape index (κ1) is 22.3. The van der Waals surface area contributed by atoms with E-state index in [2.05, 4.69) is 32.1 Å². The van der Waals surface area contributed by atoms with Gasteiger partial charge < -0.3 is 15.1 Å². The average molecular weight is 448 g/mol. The Balaban J connectivity index is 1.63. The van der Waals surface area contributed by atoms with Gasteiger partial charge in [0.2, 0.25) is 11.9 Å². The normalized spacial score (nSPS) is 20.0. The molecule has 1 amide bonds. The topological polar surface area (TPSA) is 74.2 Å². The SMILES string of the molecule is CC(=O)N1CCC(c2cc(N3CCCC3C)nc(Nc3cc(C(F)(F)F)ccn3)n2)CC1. The molecule has 172 valence electrons. The number of carbonyl (C=O) groups is 1. The summed E-state index contributed by atoms with van der Waals surface area (Å²) in [6, 6.07) is 4.21. The van der Waals surface area contributed by atoms with Gasteiger partial charge in [-0.3, -0.25) is 4.79 Å². The summed E-state index contributed by atoms with van der Waals surface area (Å²) in [5.41, 5.74) is 0.0583. The zero-order valence-corrected chi connectivity index (χ0v) is 18.2. The van der Waals surface area contributed by atoms with Gasteiger partial charge in [-0.2, -0.15) is 18.2 Å². The third-order valence-corrected chi connectivity index (χ3v) is 6.27. The number of nitrogens with zero attached hydrogens (tertiary/aromatic N) is 5. The molecule has 1 N–H and O–H groups in total. The highest BCUT2D eigenvalue weighted by Crippen LogP contribution is 2.33. The fourth-order valence-electron chi connectivity index (χ4n) is 4.42. The maximum absolute atomic E-state index is 13.1. The summed E-state index contributed by atoms with van der Waals surface area (Å²) in [6.07, 6.45) is 0.363. The van der Waals surface area contributed by atoms with Crippen LogP contribution in [-0.2, 0) is 11.0 Å². The van der Waals surface area contributed by atoms with E-state index >= 15 is 0 Å². The number of anilines is 3. The van der Waals surface area contributed by atoms with Crippen molar-refractivity contribution in [2.45, 2.75) is 57.7 Å². The monoisotopic (exact) mass is 448 g/mol. The largest absolute Gasteiger partial charge is 0.416 e. The van der Waals surface area contributed by atoms with Crippen molar-refractivity contribution in [1.29, 1.82) is 0 Å². The van der Waals surface area contributed by atoms with Gasteiger partial charge in [0.15, 0.2) is 0 Å². The molecule has 10 heteroatoms. The van der Waals surface area contributed by atoms with Gasteiger partial charge in [0.25, 0.3) is 0 Å². The molecule has 0 spiro atoms. The summed E-state index contributed by atoms with van der Waals surface area (Å²) in [5, 5.41) is 2.88. The number of alkyl halides is 3. The maximum atomic E-state index is 13.1. The molecule has 2 aliphatic rings. The zero-order valence-electron chi connectivity index (χ0n) is 18.2. The van der Waals surface area contributed by atoms with Crippen LogP contribution in [0.3, 0.4) is 0 Å². The molecule has 1 unspecified atom stereocenters. The Labute approximate surface area is 185 Å². The number of piperidine rings is 1. The van der Waals surface area contributed by atoms with Gasteiger partial charge in [-0.1, -0.05) is 0 Å². The first-order chi connectivity index (χ1) is 15.2. The number of aromatic nitrogens is 3. The Kier molecular flexibility index (Phi) is 6.21. The number of pyridine rings is 1. The second kappa shape index (κ2) is 8.91. The lowest BCUT2D eigenvalue weighted by atomic mass is 9.93. The highest BCUT2D eigenvalue weighted by Gasteiger charge is 2.31. The van der Waals surface area contributed by atoms with Gasteiger partial charge >= 0.3 is 6.18 Å². The molecular formula is C22H27F3N6O. The minimum absolute atomic E-state index is 0.0452. The molecule has 2 aromatic heterocycles. The van der Waals surface area contributed by atoms with Gasteiger partial charge in [0.05, 0.1) is 11.3 Å². The quantitative estimate of drug-likeness (QED) is 0.750. The van der Waals surface area contributed by atoms with Crippen LogP contribution in [0.25, 0.3) is 0 Å². The Hall–Kier alpha value is -2.91. The lowest BCUT2D eigenvalue weighted by Crippen LogP contribution is -2.36. The minimum atomic E-state index is -4.46. The molecule has 2 fully saturated rings. The fraction of sp³-hybridized carbons (Fsp3) is 0.545. The molecule has 0 radical (unpaired) electrons. The van der Waals surface area contributed by atoms with Gasteiger partial charge in [-0.05, 0) is 44.7 Å². The van der Waals surface area contributed by atoms with Crippen molar-refractivity contribution in [2.24, 2.45) is 0 Å². The molecule has 0 aliphatic carbocycles. The number of likely N-dealkylation sites (tertiary alicyclic amines) is 1. The van der Waals surface area contributed by atoms with E-state index in [9.17, 15) is 18.0 Å². The van der Waals surface area contributed by atoms with Crippen molar-refractivity contribution >= 4 is 23.5 Å². The maximum Gasteiger partial charge on any atom is 0.416 e. The molecule has 0 aromatic carbocycles. The number of carbonyl (C=O) groups excluding carboxylic acids is 1. The predicted octanol–water partition coefficient (Wildman–Crippen LogP) is 4.35. The minimum Gasteiger partial charge on any atom is -0.354 e. The summed E-state index contributed by atoms with van der Waals surface area (Å²) < 4.78 is 39.3. The van der Waals surface area contributed by atoms with E-state index in [0.717, 1.165) is 62.1 Å². The third kappa shape index (κ3) is 4.94. The highest BCUT2D eigenvalue weighted by atomic mass is 19.4. The first-order valence-corrected chi connectivity index (χ1v) is 10.9. The summed E-state index contributed by atoms with van der Waals surface area (Å²) in [7, 11) is 0. The summed E-state index contributed by atoms with van der Waals surface area (Å²) in [5.74, 6) is 1.26. The fourth-order valence-corrected chi connectivity index (χ4v) is 4.42. The van der Waals surface area contributed by atoms with Crippen molar-refractivity contribution < 1.29 is 18.0 Å². The van der Waals surface area contributed by atoms with Gasteiger partial charge in [0.1, 0.15) is 11.6 Å². The van der Waals surface area contributed by atoms with Crippen LogP contribution < -0.4 is 10.2 Å². The van der Waals surface area contributed by atoms with Crippen LogP contribution in [0.5, 0.6) is 0 Å². The average Bonchev–Trinajstić information content (AvgIpc) is 3.19. The number of amides is 1. The Morgan fingerprint density at radius 2 is 1.88 bits per heavy atom. The number of hydrogen-bond donors (Lipinski definition) is 1. The van der Waals surface area contributed by atoms with E-state index in [1.165, 1.54) is 0 Å². The Morgan fingerprint density at radius 3 is 2.50 bits per heavy atom. The Bertz CT molecular complexity index is 974. The number of nitrogens with one attached hydrogen (secondary N) is 1. The molecule has 32 heavy (non-hydrogen) atoms. The number of hydrogen-bond acceptors (Lipinski definition) is 6. The second-order valence-electron chi connectivity index (χ2n) is 8.49. The van der Waals surface area contributed by atoms with E-state index < -0.39 is 11.7 Å². The second-order valence-corrected chi connectivity index (χ2v) is 8.49. The molecule has 0 bridgehead atoms. The van der Waals surface area contributed by atoms with Crippen LogP contribution in [0.1, 0.15) is 56.7 Å².